The molecule has 0 aromatic carbocycles. The number of hydrogen-bond acceptors (Lipinski definition) is 2. The third kappa shape index (κ3) is 2.09. The Balaban J connectivity index is 3.55. The number of ketones is 1. The first-order valence-corrected chi connectivity index (χ1v) is 1.97. The van der Waals surface area contributed by atoms with Crippen LogP contribution in [0.5, 0.6) is 0 Å². The van der Waals surface area contributed by atoms with Crippen LogP contribution in [-0.4, -0.2) is 12.1 Å². The Hall–Kier alpha value is -0.660. The minimum absolute atomic E-state index is 0.185. The molecule has 1 radical (unpaired) electrons. The van der Waals surface area contributed by atoms with Crippen LogP contribution in [0.15, 0.2) is 0 Å². The maximum atomic E-state index is 10.1. The summed E-state index contributed by atoms with van der Waals surface area (Å²) in [6, 6.07) is 0. The standard InChI is InChI=1S/C5H7O2/c1-4(3-6)5(2)7/h3-4H,1H2,2H3. The van der Waals surface area contributed by atoms with Crippen LogP contribution >= 0.6 is 0 Å². The molecule has 0 aliphatic heterocycles. The van der Waals surface area contributed by atoms with Gasteiger partial charge in [0.25, 0.3) is 0 Å². The summed E-state index contributed by atoms with van der Waals surface area (Å²) in [5.41, 5.74) is 0. The summed E-state index contributed by atoms with van der Waals surface area (Å²) in [4.78, 5) is 19.7. The molecule has 0 saturated heterocycles. The summed E-state index contributed by atoms with van der Waals surface area (Å²) in [6.45, 7) is 4.58. The van der Waals surface area contributed by atoms with Crippen LogP contribution < -0.4 is 0 Å². The minimum Gasteiger partial charge on any atom is -0.303 e. The fourth-order valence-corrected chi connectivity index (χ4v) is 0.0958. The number of aldehydes is 1. The van der Waals surface area contributed by atoms with Crippen LogP contribution in [-0.2, 0) is 9.59 Å². The van der Waals surface area contributed by atoms with E-state index in [9.17, 15) is 9.59 Å². The van der Waals surface area contributed by atoms with Gasteiger partial charge in [-0.15, -0.1) is 0 Å². The smallest absolute Gasteiger partial charge is 0.139 e. The lowest BCUT2D eigenvalue weighted by Crippen LogP contribution is -2.06. The zero-order chi connectivity index (χ0) is 5.86. The highest BCUT2D eigenvalue weighted by atomic mass is 16.1. The summed E-state index contributed by atoms with van der Waals surface area (Å²) in [7, 11) is 0. The number of Topliss-reactive ketones (excluding diaryl/α,β-unsaturated/α-hetero) is 1. The van der Waals surface area contributed by atoms with E-state index in [1.165, 1.54) is 6.92 Å². The molecular weight excluding hydrogens is 92.1 g/mol. The monoisotopic (exact) mass is 99.0 g/mol. The van der Waals surface area contributed by atoms with Crippen LogP contribution in [0, 0.1) is 12.8 Å². The van der Waals surface area contributed by atoms with Crippen molar-refractivity contribution in [2.45, 2.75) is 6.92 Å². The fourth-order valence-electron chi connectivity index (χ4n) is 0.0958. The van der Waals surface area contributed by atoms with Crippen molar-refractivity contribution < 1.29 is 9.59 Å². The van der Waals surface area contributed by atoms with E-state index in [0.29, 0.717) is 6.29 Å². The lowest BCUT2D eigenvalue weighted by molar-refractivity contribution is -0.124. The maximum absolute atomic E-state index is 10.1. The van der Waals surface area contributed by atoms with Gasteiger partial charge >= 0.3 is 0 Å². The van der Waals surface area contributed by atoms with Gasteiger partial charge in [0.1, 0.15) is 12.1 Å². The molecule has 2 heteroatoms. The molecule has 0 spiro atoms. The predicted octanol–water partition coefficient (Wildman–Crippen LogP) is 0.225. The van der Waals surface area contributed by atoms with Crippen molar-refractivity contribution in [2.75, 3.05) is 0 Å². The molecular formula is C5H7O2. The number of rotatable bonds is 2. The SMILES string of the molecule is [CH2]C(C=O)C(C)=O. The van der Waals surface area contributed by atoms with Crippen molar-refractivity contribution >= 4 is 12.1 Å². The third-order valence-corrected chi connectivity index (χ3v) is 0.686. The Labute approximate surface area is 42.5 Å². The van der Waals surface area contributed by atoms with Crippen LogP contribution in [0.1, 0.15) is 6.92 Å². The molecule has 0 aliphatic rings. The zero-order valence-corrected chi connectivity index (χ0v) is 4.18. The van der Waals surface area contributed by atoms with Crippen LogP contribution in [0.4, 0.5) is 0 Å². The Morgan fingerprint density at radius 3 is 2.29 bits per heavy atom. The van der Waals surface area contributed by atoms with Gasteiger partial charge in [-0.3, -0.25) is 4.79 Å². The first-order chi connectivity index (χ1) is 3.18. The molecule has 0 aliphatic carbocycles. The fraction of sp³-hybridized carbons (Fsp3) is 0.400. The van der Waals surface area contributed by atoms with E-state index in [0.717, 1.165) is 0 Å². The highest BCUT2D eigenvalue weighted by Gasteiger charge is 2.02. The first-order valence-electron chi connectivity index (χ1n) is 1.97. The van der Waals surface area contributed by atoms with Gasteiger partial charge in [-0.25, -0.2) is 0 Å². The average molecular weight is 99.1 g/mol. The van der Waals surface area contributed by atoms with Gasteiger partial charge in [-0.2, -0.15) is 0 Å². The van der Waals surface area contributed by atoms with E-state index in [1.807, 2.05) is 0 Å². The van der Waals surface area contributed by atoms with Crippen LogP contribution in [0.3, 0.4) is 0 Å². The second-order valence-electron chi connectivity index (χ2n) is 1.35. The number of hydrogen-bond donors (Lipinski definition) is 0. The zero-order valence-electron chi connectivity index (χ0n) is 4.18. The molecule has 0 amide bonds. The van der Waals surface area contributed by atoms with Crippen molar-refractivity contribution in [3.8, 4) is 0 Å². The van der Waals surface area contributed by atoms with Crippen LogP contribution in [0.2, 0.25) is 0 Å². The molecule has 1 atom stereocenters. The molecule has 0 saturated carbocycles. The minimum atomic E-state index is -0.667. The molecule has 7 heavy (non-hydrogen) atoms. The molecule has 0 bridgehead atoms. The average Bonchev–Trinajstić information content (AvgIpc) is 1.65. The number of carbonyl (C=O) groups excluding carboxylic acids is 2. The Bertz CT molecular complexity index is 86.1. The summed E-state index contributed by atoms with van der Waals surface area (Å²) < 4.78 is 0. The van der Waals surface area contributed by atoms with Gasteiger partial charge < -0.3 is 4.79 Å². The van der Waals surface area contributed by atoms with Crippen LogP contribution in [0.25, 0.3) is 0 Å². The summed E-state index contributed by atoms with van der Waals surface area (Å²) in [6.07, 6.45) is 0.530. The predicted molar refractivity (Wildman–Crippen MR) is 25.6 cm³/mol. The summed E-state index contributed by atoms with van der Waals surface area (Å²) in [5.74, 6) is -0.852. The maximum Gasteiger partial charge on any atom is 0.139 e. The highest BCUT2D eigenvalue weighted by Crippen LogP contribution is 1.86. The molecule has 0 heterocycles. The van der Waals surface area contributed by atoms with Crippen molar-refractivity contribution in [1.29, 1.82) is 0 Å². The van der Waals surface area contributed by atoms with Gasteiger partial charge in [0.15, 0.2) is 0 Å². The van der Waals surface area contributed by atoms with Gasteiger partial charge in [0, 0.05) is 0 Å². The molecule has 2 nitrogen and oxygen atoms in total. The Morgan fingerprint density at radius 1 is 1.86 bits per heavy atom. The largest absolute Gasteiger partial charge is 0.303 e. The van der Waals surface area contributed by atoms with Gasteiger partial charge in [0.05, 0.1) is 5.92 Å². The lowest BCUT2D eigenvalue weighted by Gasteiger charge is -1.89. The van der Waals surface area contributed by atoms with E-state index in [-0.39, 0.29) is 5.78 Å². The highest BCUT2D eigenvalue weighted by molar-refractivity contribution is 5.92. The van der Waals surface area contributed by atoms with Gasteiger partial charge in [0.2, 0.25) is 0 Å². The summed E-state index contributed by atoms with van der Waals surface area (Å²) in [5, 5.41) is 0. The van der Waals surface area contributed by atoms with Gasteiger partial charge in [-0.1, -0.05) is 0 Å². The molecule has 0 N–H and O–H groups in total. The van der Waals surface area contributed by atoms with E-state index in [4.69, 9.17) is 0 Å². The molecule has 0 rings (SSSR count). The molecule has 0 aromatic heterocycles. The van der Waals surface area contributed by atoms with Crippen molar-refractivity contribution in [3.63, 3.8) is 0 Å². The second-order valence-corrected chi connectivity index (χ2v) is 1.35. The van der Waals surface area contributed by atoms with Crippen molar-refractivity contribution in [1.82, 2.24) is 0 Å². The molecule has 0 fully saturated rings. The normalized spacial score (nSPS) is 12.9. The quantitative estimate of drug-likeness (QED) is 0.366. The topological polar surface area (TPSA) is 34.1 Å². The van der Waals surface area contributed by atoms with E-state index >= 15 is 0 Å². The Kier molecular flexibility index (Phi) is 2.27. The van der Waals surface area contributed by atoms with Crippen molar-refractivity contribution in [2.24, 2.45) is 5.92 Å². The third-order valence-electron chi connectivity index (χ3n) is 0.686. The lowest BCUT2D eigenvalue weighted by atomic mass is 10.1. The van der Waals surface area contributed by atoms with E-state index < -0.39 is 5.92 Å². The molecule has 1 unspecified atom stereocenters. The van der Waals surface area contributed by atoms with E-state index in [2.05, 4.69) is 6.92 Å². The molecule has 39 valence electrons. The Morgan fingerprint density at radius 2 is 2.29 bits per heavy atom. The number of carbonyl (C=O) groups is 2. The van der Waals surface area contributed by atoms with Gasteiger partial charge in [-0.05, 0) is 13.8 Å². The summed E-state index contributed by atoms with van der Waals surface area (Å²) >= 11 is 0. The first kappa shape index (κ1) is 6.34. The van der Waals surface area contributed by atoms with E-state index in [1.54, 1.807) is 0 Å². The second kappa shape index (κ2) is 2.50. The molecule has 0 aromatic rings. The van der Waals surface area contributed by atoms with Crippen molar-refractivity contribution in [3.05, 3.63) is 6.92 Å².